The van der Waals surface area contributed by atoms with Crippen LogP contribution in [0, 0.1) is 0 Å². The third-order valence-corrected chi connectivity index (χ3v) is 2.49. The molecule has 0 spiro atoms. The summed E-state index contributed by atoms with van der Waals surface area (Å²) in [6, 6.07) is 1.52. The lowest BCUT2D eigenvalue weighted by Gasteiger charge is -1.90. The molecule has 13 heavy (non-hydrogen) atoms. The molecule has 0 bridgehead atoms. The van der Waals surface area contributed by atoms with E-state index in [2.05, 4.69) is 5.16 Å². The molecule has 1 aromatic heterocycles. The van der Waals surface area contributed by atoms with Crippen LogP contribution in [0.1, 0.15) is 5.76 Å². The molecule has 5 nitrogen and oxygen atoms in total. The van der Waals surface area contributed by atoms with Crippen LogP contribution < -0.4 is 4.74 Å². The Balaban J connectivity index is 2.55. The van der Waals surface area contributed by atoms with Crippen molar-refractivity contribution in [2.45, 2.75) is 6.42 Å². The Morgan fingerprint density at radius 1 is 1.69 bits per heavy atom. The zero-order valence-electron chi connectivity index (χ0n) is 6.86. The molecule has 0 unspecified atom stereocenters. The number of nitrogens with zero attached hydrogens (tertiary/aromatic N) is 1. The van der Waals surface area contributed by atoms with Crippen LogP contribution in [0.5, 0.6) is 5.88 Å². The van der Waals surface area contributed by atoms with Crippen molar-refractivity contribution in [3.05, 3.63) is 11.8 Å². The molecular formula is C6H8ClNO4S. The molecule has 74 valence electrons. The second kappa shape index (κ2) is 3.97. The summed E-state index contributed by atoms with van der Waals surface area (Å²) in [6.45, 7) is 0. The summed E-state index contributed by atoms with van der Waals surface area (Å²) < 4.78 is 30.6. The van der Waals surface area contributed by atoms with Gasteiger partial charge in [-0.05, 0) is 5.16 Å². The highest BCUT2D eigenvalue weighted by Crippen LogP contribution is 2.12. The van der Waals surface area contributed by atoms with E-state index < -0.39 is 9.05 Å². The Bertz CT molecular complexity index is 372. The molecule has 1 aromatic rings. The molecule has 1 heterocycles. The van der Waals surface area contributed by atoms with Crippen molar-refractivity contribution in [1.82, 2.24) is 5.16 Å². The number of methoxy groups -OCH3 is 1. The van der Waals surface area contributed by atoms with Crippen molar-refractivity contribution in [3.8, 4) is 5.88 Å². The van der Waals surface area contributed by atoms with Gasteiger partial charge < -0.3 is 9.26 Å². The normalized spacial score (nSPS) is 11.5. The molecule has 0 aromatic carbocycles. The summed E-state index contributed by atoms with van der Waals surface area (Å²) in [5, 5.41) is 3.50. The molecule has 1 rings (SSSR count). The fourth-order valence-corrected chi connectivity index (χ4v) is 1.41. The topological polar surface area (TPSA) is 69.4 Å². The molecule has 0 aliphatic carbocycles. The highest BCUT2D eigenvalue weighted by atomic mass is 35.7. The van der Waals surface area contributed by atoms with Crippen LogP contribution in [0.25, 0.3) is 0 Å². The summed E-state index contributed by atoms with van der Waals surface area (Å²) in [5.74, 6) is 0.579. The molecular weight excluding hydrogens is 218 g/mol. The zero-order chi connectivity index (χ0) is 9.90. The van der Waals surface area contributed by atoms with Gasteiger partial charge in [-0.2, -0.15) is 0 Å². The Kier molecular flexibility index (Phi) is 3.16. The lowest BCUT2D eigenvalue weighted by atomic mass is 10.4. The first-order chi connectivity index (χ1) is 6.01. The quantitative estimate of drug-likeness (QED) is 0.709. The smallest absolute Gasteiger partial charge is 0.254 e. The summed E-state index contributed by atoms with van der Waals surface area (Å²) in [5.41, 5.74) is 0. The zero-order valence-corrected chi connectivity index (χ0v) is 8.43. The Hall–Kier alpha value is -0.750. The highest BCUT2D eigenvalue weighted by Gasteiger charge is 2.09. The van der Waals surface area contributed by atoms with Crippen molar-refractivity contribution in [2.75, 3.05) is 12.9 Å². The molecule has 0 saturated heterocycles. The standard InChI is InChI=1S/C6H8ClNO4S/c1-11-6-4-5(12-8-6)2-3-13(7,9)10/h4H,2-3H2,1H3. The maximum Gasteiger partial charge on any atom is 0.254 e. The van der Waals surface area contributed by atoms with Gasteiger partial charge in [-0.3, -0.25) is 0 Å². The average molecular weight is 226 g/mol. The molecule has 7 heteroatoms. The molecule has 0 aliphatic heterocycles. The number of rotatable bonds is 4. The number of ether oxygens (including phenoxy) is 1. The van der Waals surface area contributed by atoms with Crippen LogP contribution in [-0.4, -0.2) is 26.4 Å². The van der Waals surface area contributed by atoms with E-state index in [1.54, 1.807) is 0 Å². The molecule has 0 aliphatic rings. The predicted octanol–water partition coefficient (Wildman–Crippen LogP) is 0.794. The minimum atomic E-state index is -3.48. The third kappa shape index (κ3) is 3.65. The van der Waals surface area contributed by atoms with Gasteiger partial charge in [-0.1, -0.05) is 0 Å². The molecule has 0 atom stereocenters. The molecule has 0 N–H and O–H groups in total. The van der Waals surface area contributed by atoms with Gasteiger partial charge in [0.25, 0.3) is 5.88 Å². The van der Waals surface area contributed by atoms with E-state index in [0.29, 0.717) is 11.6 Å². The van der Waals surface area contributed by atoms with Gasteiger partial charge in [0.15, 0.2) is 0 Å². The number of aromatic nitrogens is 1. The number of hydrogen-bond acceptors (Lipinski definition) is 5. The van der Waals surface area contributed by atoms with Crippen molar-refractivity contribution < 1.29 is 17.7 Å². The van der Waals surface area contributed by atoms with Gasteiger partial charge in [0.2, 0.25) is 9.05 Å². The number of halogens is 1. The van der Waals surface area contributed by atoms with Crippen LogP contribution >= 0.6 is 10.7 Å². The molecule has 0 saturated carbocycles. The van der Waals surface area contributed by atoms with Crippen LogP contribution in [-0.2, 0) is 15.5 Å². The number of hydrogen-bond donors (Lipinski definition) is 0. The first-order valence-electron chi connectivity index (χ1n) is 3.43. The Labute approximate surface area is 80.0 Å². The second-order valence-electron chi connectivity index (χ2n) is 2.33. The van der Waals surface area contributed by atoms with Gasteiger partial charge in [-0.15, -0.1) is 0 Å². The summed E-state index contributed by atoms with van der Waals surface area (Å²) >= 11 is 0. The van der Waals surface area contributed by atoms with E-state index in [0.717, 1.165) is 0 Å². The monoisotopic (exact) mass is 225 g/mol. The van der Waals surface area contributed by atoms with Crippen molar-refractivity contribution in [2.24, 2.45) is 0 Å². The maximum absolute atomic E-state index is 10.6. The highest BCUT2D eigenvalue weighted by molar-refractivity contribution is 8.13. The van der Waals surface area contributed by atoms with Gasteiger partial charge in [-0.25, -0.2) is 8.42 Å². The molecule has 0 fully saturated rings. The summed E-state index contributed by atoms with van der Waals surface area (Å²) in [4.78, 5) is 0. The van der Waals surface area contributed by atoms with Crippen LogP contribution in [0.3, 0.4) is 0 Å². The minimum absolute atomic E-state index is 0.174. The van der Waals surface area contributed by atoms with E-state index in [1.165, 1.54) is 13.2 Å². The lowest BCUT2D eigenvalue weighted by molar-refractivity contribution is 0.328. The molecule has 0 amide bonds. The van der Waals surface area contributed by atoms with Crippen molar-refractivity contribution in [1.29, 1.82) is 0 Å². The first-order valence-corrected chi connectivity index (χ1v) is 5.91. The largest absolute Gasteiger partial charge is 0.479 e. The van der Waals surface area contributed by atoms with Crippen LogP contribution in [0.15, 0.2) is 10.6 Å². The van der Waals surface area contributed by atoms with Crippen molar-refractivity contribution in [3.63, 3.8) is 0 Å². The predicted molar refractivity (Wildman–Crippen MR) is 46.4 cm³/mol. The van der Waals surface area contributed by atoms with E-state index in [1.807, 2.05) is 0 Å². The summed E-state index contributed by atoms with van der Waals surface area (Å²) in [6.07, 6.45) is 0.197. The lowest BCUT2D eigenvalue weighted by Crippen LogP contribution is -1.99. The van der Waals surface area contributed by atoms with Gasteiger partial charge >= 0.3 is 0 Å². The van der Waals surface area contributed by atoms with E-state index in [-0.39, 0.29) is 12.2 Å². The Morgan fingerprint density at radius 3 is 2.85 bits per heavy atom. The Morgan fingerprint density at radius 2 is 2.38 bits per heavy atom. The second-order valence-corrected chi connectivity index (χ2v) is 5.23. The van der Waals surface area contributed by atoms with Crippen LogP contribution in [0.4, 0.5) is 0 Å². The average Bonchev–Trinajstić information content (AvgIpc) is 2.47. The maximum atomic E-state index is 10.6. The van der Waals surface area contributed by atoms with Crippen LogP contribution in [0.2, 0.25) is 0 Å². The minimum Gasteiger partial charge on any atom is -0.479 e. The fraction of sp³-hybridized carbons (Fsp3) is 0.500. The van der Waals surface area contributed by atoms with Gasteiger partial charge in [0, 0.05) is 23.2 Å². The third-order valence-electron chi connectivity index (χ3n) is 1.34. The van der Waals surface area contributed by atoms with E-state index >= 15 is 0 Å². The molecule has 0 radical (unpaired) electrons. The van der Waals surface area contributed by atoms with E-state index in [9.17, 15) is 8.42 Å². The number of aryl methyl sites for hydroxylation is 1. The SMILES string of the molecule is COc1cc(CCS(=O)(=O)Cl)on1. The first kappa shape index (κ1) is 10.3. The fourth-order valence-electron chi connectivity index (χ4n) is 0.731. The van der Waals surface area contributed by atoms with Crippen molar-refractivity contribution >= 4 is 19.7 Å². The van der Waals surface area contributed by atoms with Gasteiger partial charge in [0.05, 0.1) is 12.9 Å². The van der Waals surface area contributed by atoms with Gasteiger partial charge in [0.1, 0.15) is 5.76 Å². The van der Waals surface area contributed by atoms with E-state index in [4.69, 9.17) is 19.9 Å². The summed E-state index contributed by atoms with van der Waals surface area (Å²) in [7, 11) is 2.97.